The molecule has 4 nitrogen and oxygen atoms in total. The van der Waals surface area contributed by atoms with Crippen molar-refractivity contribution in [3.05, 3.63) is 98.0 Å². The second-order valence-corrected chi connectivity index (χ2v) is 8.34. The van der Waals surface area contributed by atoms with Crippen LogP contribution in [0, 0.1) is 25.2 Å². The molecular formula is C25H20BrClN2O2. The molecule has 0 unspecified atom stereocenters. The van der Waals surface area contributed by atoms with E-state index in [1.165, 1.54) is 11.6 Å². The first-order chi connectivity index (χ1) is 14.9. The number of hydrogen-bond acceptors (Lipinski definition) is 3. The molecule has 0 aliphatic carbocycles. The van der Waals surface area contributed by atoms with Gasteiger partial charge in [0.1, 0.15) is 18.2 Å². The zero-order chi connectivity index (χ0) is 22.4. The lowest BCUT2D eigenvalue weighted by Gasteiger charge is -2.12. The van der Waals surface area contributed by atoms with E-state index >= 15 is 0 Å². The zero-order valence-electron chi connectivity index (χ0n) is 17.1. The Morgan fingerprint density at radius 1 is 1.13 bits per heavy atom. The molecule has 3 aromatic rings. The summed E-state index contributed by atoms with van der Waals surface area (Å²) in [6, 6.07) is 20.8. The Hall–Kier alpha value is -3.07. The summed E-state index contributed by atoms with van der Waals surface area (Å²) >= 11 is 9.88. The predicted octanol–water partition coefficient (Wildman–Crippen LogP) is 6.84. The quantitative estimate of drug-likeness (QED) is 0.301. The summed E-state index contributed by atoms with van der Waals surface area (Å²) in [4.78, 5) is 12.5. The van der Waals surface area contributed by atoms with E-state index < -0.39 is 5.91 Å². The standard InChI is InChI=1S/C25H20BrClN2O2/c1-16-6-8-18(9-7-16)15-31-24-22(26)12-19(13-23(24)27)11-20(14-28)25(30)29-21-5-3-4-17(2)10-21/h3-13H,15H2,1-2H3,(H,29,30)/b20-11-. The van der Waals surface area contributed by atoms with Gasteiger partial charge in [-0.15, -0.1) is 0 Å². The highest BCUT2D eigenvalue weighted by molar-refractivity contribution is 9.10. The molecule has 1 N–H and O–H groups in total. The van der Waals surface area contributed by atoms with Crippen LogP contribution in [-0.4, -0.2) is 5.91 Å². The second-order valence-electron chi connectivity index (χ2n) is 7.08. The number of carbonyl (C=O) groups is 1. The molecule has 0 saturated heterocycles. The number of halogens is 2. The molecule has 0 atom stereocenters. The molecule has 0 aliphatic heterocycles. The zero-order valence-corrected chi connectivity index (χ0v) is 19.4. The van der Waals surface area contributed by atoms with Crippen molar-refractivity contribution in [2.24, 2.45) is 0 Å². The molecule has 3 aromatic carbocycles. The minimum absolute atomic E-state index is 0.0298. The molecule has 0 fully saturated rings. The molecule has 0 aromatic heterocycles. The molecule has 0 aliphatic rings. The van der Waals surface area contributed by atoms with Gasteiger partial charge < -0.3 is 10.1 Å². The van der Waals surface area contributed by atoms with Gasteiger partial charge in [-0.3, -0.25) is 4.79 Å². The lowest BCUT2D eigenvalue weighted by Crippen LogP contribution is -2.13. The molecule has 0 heterocycles. The summed E-state index contributed by atoms with van der Waals surface area (Å²) in [5.41, 5.74) is 4.42. The molecule has 1 amide bonds. The van der Waals surface area contributed by atoms with Crippen LogP contribution in [0.25, 0.3) is 6.08 Å². The Morgan fingerprint density at radius 2 is 1.87 bits per heavy atom. The summed E-state index contributed by atoms with van der Waals surface area (Å²) in [5, 5.41) is 12.6. The van der Waals surface area contributed by atoms with Gasteiger partial charge in [0.15, 0.2) is 5.75 Å². The summed E-state index contributed by atoms with van der Waals surface area (Å²) < 4.78 is 6.51. The normalized spacial score (nSPS) is 11.0. The number of carbonyl (C=O) groups excluding carboxylic acids is 1. The van der Waals surface area contributed by atoms with Gasteiger partial charge in [-0.25, -0.2) is 0 Å². The molecule has 3 rings (SSSR count). The van der Waals surface area contributed by atoms with Crippen LogP contribution in [0.2, 0.25) is 5.02 Å². The number of ether oxygens (including phenoxy) is 1. The van der Waals surface area contributed by atoms with Crippen molar-refractivity contribution in [3.8, 4) is 11.8 Å². The van der Waals surface area contributed by atoms with Crippen molar-refractivity contribution in [1.82, 2.24) is 0 Å². The third-order valence-corrected chi connectivity index (χ3v) is 5.35. The van der Waals surface area contributed by atoms with Crippen LogP contribution in [0.4, 0.5) is 5.69 Å². The SMILES string of the molecule is Cc1ccc(COc2c(Cl)cc(/C=C(/C#N)C(=O)Nc3cccc(C)c3)cc2Br)cc1. The number of nitriles is 1. The van der Waals surface area contributed by atoms with Crippen LogP contribution in [-0.2, 0) is 11.4 Å². The maximum Gasteiger partial charge on any atom is 0.266 e. The highest BCUT2D eigenvalue weighted by atomic mass is 79.9. The Morgan fingerprint density at radius 3 is 2.52 bits per heavy atom. The fourth-order valence-electron chi connectivity index (χ4n) is 2.88. The molecule has 0 radical (unpaired) electrons. The van der Waals surface area contributed by atoms with E-state index in [0.717, 1.165) is 11.1 Å². The van der Waals surface area contributed by atoms with Gasteiger partial charge in [-0.1, -0.05) is 53.6 Å². The van der Waals surface area contributed by atoms with Crippen LogP contribution in [0.1, 0.15) is 22.3 Å². The van der Waals surface area contributed by atoms with Crippen LogP contribution in [0.3, 0.4) is 0 Å². The van der Waals surface area contributed by atoms with E-state index in [1.54, 1.807) is 18.2 Å². The predicted molar refractivity (Wildman–Crippen MR) is 128 cm³/mol. The number of hydrogen-bond donors (Lipinski definition) is 1. The van der Waals surface area contributed by atoms with E-state index in [2.05, 4.69) is 21.2 Å². The largest absolute Gasteiger partial charge is 0.486 e. The van der Waals surface area contributed by atoms with Gasteiger partial charge in [-0.05, 0) is 76.8 Å². The fraction of sp³-hybridized carbons (Fsp3) is 0.120. The molecule has 0 bridgehead atoms. The topological polar surface area (TPSA) is 62.1 Å². The van der Waals surface area contributed by atoms with Gasteiger partial charge >= 0.3 is 0 Å². The van der Waals surface area contributed by atoms with E-state index in [4.69, 9.17) is 16.3 Å². The van der Waals surface area contributed by atoms with E-state index in [0.29, 0.717) is 33.1 Å². The Labute approximate surface area is 195 Å². The number of benzene rings is 3. The Bertz CT molecular complexity index is 1160. The average Bonchev–Trinajstić information content (AvgIpc) is 2.72. The lowest BCUT2D eigenvalue weighted by atomic mass is 10.1. The van der Waals surface area contributed by atoms with Crippen molar-refractivity contribution >= 4 is 45.2 Å². The molecule has 156 valence electrons. The van der Waals surface area contributed by atoms with Crippen molar-refractivity contribution in [2.75, 3.05) is 5.32 Å². The molecule has 31 heavy (non-hydrogen) atoms. The summed E-state index contributed by atoms with van der Waals surface area (Å²) in [6.07, 6.45) is 1.49. The van der Waals surface area contributed by atoms with Crippen molar-refractivity contribution in [1.29, 1.82) is 5.26 Å². The molecule has 6 heteroatoms. The number of nitrogens with zero attached hydrogens (tertiary/aromatic N) is 1. The van der Waals surface area contributed by atoms with Crippen LogP contribution < -0.4 is 10.1 Å². The first kappa shape index (κ1) is 22.6. The maximum atomic E-state index is 12.5. The number of aryl methyl sites for hydroxylation is 2. The van der Waals surface area contributed by atoms with Gasteiger partial charge in [0, 0.05) is 5.69 Å². The lowest BCUT2D eigenvalue weighted by molar-refractivity contribution is -0.112. The average molecular weight is 496 g/mol. The van der Waals surface area contributed by atoms with Crippen molar-refractivity contribution < 1.29 is 9.53 Å². The first-order valence-corrected chi connectivity index (χ1v) is 10.7. The van der Waals surface area contributed by atoms with E-state index in [9.17, 15) is 10.1 Å². The monoisotopic (exact) mass is 494 g/mol. The fourth-order valence-corrected chi connectivity index (χ4v) is 3.87. The van der Waals surface area contributed by atoms with Crippen molar-refractivity contribution in [2.45, 2.75) is 20.5 Å². The van der Waals surface area contributed by atoms with Crippen LogP contribution >= 0.6 is 27.5 Å². The summed E-state index contributed by atoms with van der Waals surface area (Å²) in [6.45, 7) is 4.33. The van der Waals surface area contributed by atoms with Gasteiger partial charge in [0.2, 0.25) is 0 Å². The number of anilines is 1. The third-order valence-electron chi connectivity index (χ3n) is 4.48. The van der Waals surface area contributed by atoms with Gasteiger partial charge in [0.05, 0.1) is 9.50 Å². The van der Waals surface area contributed by atoms with Crippen LogP contribution in [0.15, 0.2) is 70.7 Å². The highest BCUT2D eigenvalue weighted by Gasteiger charge is 2.13. The maximum absolute atomic E-state index is 12.5. The van der Waals surface area contributed by atoms with Gasteiger partial charge in [-0.2, -0.15) is 5.26 Å². The smallest absolute Gasteiger partial charge is 0.266 e. The minimum atomic E-state index is -0.486. The van der Waals surface area contributed by atoms with E-state index in [-0.39, 0.29) is 5.57 Å². The summed E-state index contributed by atoms with van der Waals surface area (Å²) in [7, 11) is 0. The van der Waals surface area contributed by atoms with Crippen LogP contribution in [0.5, 0.6) is 5.75 Å². The van der Waals surface area contributed by atoms with Crippen molar-refractivity contribution in [3.63, 3.8) is 0 Å². The first-order valence-electron chi connectivity index (χ1n) is 9.53. The molecule has 0 saturated carbocycles. The Balaban J connectivity index is 1.76. The number of rotatable bonds is 6. The Kier molecular flexibility index (Phi) is 7.51. The minimum Gasteiger partial charge on any atom is -0.486 e. The number of amides is 1. The van der Waals surface area contributed by atoms with E-state index in [1.807, 2.05) is 62.4 Å². The van der Waals surface area contributed by atoms with Gasteiger partial charge in [0.25, 0.3) is 5.91 Å². The third kappa shape index (κ3) is 6.21. The second kappa shape index (κ2) is 10.3. The molecule has 0 spiro atoms. The summed E-state index contributed by atoms with van der Waals surface area (Å²) in [5.74, 6) is 0.0159. The molecular weight excluding hydrogens is 476 g/mol. The number of nitrogens with one attached hydrogen (secondary N) is 1. The highest BCUT2D eigenvalue weighted by Crippen LogP contribution is 2.35.